The summed E-state index contributed by atoms with van der Waals surface area (Å²) in [6, 6.07) is 12.5. The number of aryl methyl sites for hydroxylation is 1. The molecule has 0 bridgehead atoms. The minimum Gasteiger partial charge on any atom is -0.377 e. The molecule has 2 aliphatic rings. The first kappa shape index (κ1) is 17.1. The third-order valence-electron chi connectivity index (χ3n) is 7.00. The van der Waals surface area contributed by atoms with E-state index in [1.165, 1.54) is 42.3 Å². The molecule has 1 unspecified atom stereocenters. The van der Waals surface area contributed by atoms with Crippen molar-refractivity contribution >= 4 is 10.9 Å². The summed E-state index contributed by atoms with van der Waals surface area (Å²) < 4.78 is 8.04. The lowest BCUT2D eigenvalue weighted by Gasteiger charge is -2.50. The monoisotopic (exact) mass is 340 g/mol. The van der Waals surface area contributed by atoms with Gasteiger partial charge in [-0.15, -0.1) is 0 Å². The Kier molecular flexibility index (Phi) is 4.41. The van der Waals surface area contributed by atoms with Crippen LogP contribution in [0.1, 0.15) is 51.3 Å². The topological polar surface area (TPSA) is 17.4 Å². The van der Waals surface area contributed by atoms with Crippen LogP contribution in [-0.4, -0.2) is 41.3 Å². The van der Waals surface area contributed by atoms with Gasteiger partial charge >= 0.3 is 0 Å². The summed E-state index contributed by atoms with van der Waals surface area (Å²) >= 11 is 0. The predicted molar refractivity (Wildman–Crippen MR) is 104 cm³/mol. The maximum absolute atomic E-state index is 5.47. The van der Waals surface area contributed by atoms with Gasteiger partial charge in [0.15, 0.2) is 0 Å². The van der Waals surface area contributed by atoms with Crippen LogP contribution in [0.5, 0.6) is 0 Å². The van der Waals surface area contributed by atoms with E-state index in [1.807, 2.05) is 0 Å². The molecule has 25 heavy (non-hydrogen) atoms. The average molecular weight is 341 g/mol. The van der Waals surface area contributed by atoms with Crippen LogP contribution < -0.4 is 0 Å². The van der Waals surface area contributed by atoms with Crippen LogP contribution in [0.3, 0.4) is 0 Å². The van der Waals surface area contributed by atoms with Gasteiger partial charge < -0.3 is 9.30 Å². The predicted octanol–water partition coefficient (Wildman–Crippen LogP) is 4.79. The molecular weight excluding hydrogens is 308 g/mol. The summed E-state index contributed by atoms with van der Waals surface area (Å²) in [5.74, 6) is 0.782. The number of ether oxygens (including phenoxy) is 1. The minimum atomic E-state index is 0.274. The Bertz CT molecular complexity index is 738. The number of likely N-dealkylation sites (N-methyl/N-ethyl adjacent to an activating group) is 1. The van der Waals surface area contributed by atoms with Crippen LogP contribution in [0.2, 0.25) is 0 Å². The molecule has 2 heterocycles. The van der Waals surface area contributed by atoms with E-state index >= 15 is 0 Å². The fraction of sp³-hybridized carbons (Fsp3) is 0.636. The Balaban J connectivity index is 1.46. The largest absolute Gasteiger partial charge is 0.377 e. The number of para-hydroxylation sites is 1. The van der Waals surface area contributed by atoms with E-state index in [0.29, 0.717) is 6.04 Å². The maximum Gasteiger partial charge on any atom is 0.0671 e. The second-order valence-corrected chi connectivity index (χ2v) is 8.62. The number of nitrogens with zero attached hydrogens (tertiary/aromatic N) is 2. The summed E-state index contributed by atoms with van der Waals surface area (Å²) in [6.45, 7) is 8.83. The van der Waals surface area contributed by atoms with Gasteiger partial charge in [0, 0.05) is 23.3 Å². The van der Waals surface area contributed by atoms with E-state index in [0.717, 1.165) is 25.2 Å². The van der Waals surface area contributed by atoms with Crippen molar-refractivity contribution in [2.75, 3.05) is 20.3 Å². The van der Waals surface area contributed by atoms with Gasteiger partial charge in [-0.25, -0.2) is 0 Å². The molecule has 1 atom stereocenters. The van der Waals surface area contributed by atoms with Crippen molar-refractivity contribution in [3.8, 4) is 0 Å². The molecule has 0 spiro atoms. The zero-order valence-electron chi connectivity index (χ0n) is 16.2. The lowest BCUT2D eigenvalue weighted by Crippen LogP contribution is -2.62. The third-order valence-corrected chi connectivity index (χ3v) is 7.00. The fourth-order valence-corrected chi connectivity index (χ4v) is 5.08. The van der Waals surface area contributed by atoms with Gasteiger partial charge in [0.2, 0.25) is 0 Å². The van der Waals surface area contributed by atoms with Crippen LogP contribution in [0.25, 0.3) is 10.9 Å². The molecule has 0 N–H and O–H groups in total. The van der Waals surface area contributed by atoms with Crippen molar-refractivity contribution in [3.05, 3.63) is 36.0 Å². The molecule has 1 aliphatic heterocycles. The number of aromatic nitrogens is 1. The van der Waals surface area contributed by atoms with Crippen molar-refractivity contribution in [1.29, 1.82) is 0 Å². The lowest BCUT2D eigenvalue weighted by molar-refractivity contribution is -0.139. The fourth-order valence-electron chi connectivity index (χ4n) is 5.08. The average Bonchev–Trinajstić information content (AvgIpc) is 2.94. The molecule has 136 valence electrons. The quantitative estimate of drug-likeness (QED) is 0.796. The molecule has 0 radical (unpaired) electrons. The molecule has 1 saturated heterocycles. The van der Waals surface area contributed by atoms with Crippen molar-refractivity contribution in [1.82, 2.24) is 9.47 Å². The molecule has 0 amide bonds. The lowest BCUT2D eigenvalue weighted by atomic mass is 9.80. The molecule has 2 fully saturated rings. The van der Waals surface area contributed by atoms with Gasteiger partial charge in [-0.2, -0.15) is 0 Å². The first-order valence-electron chi connectivity index (χ1n) is 9.87. The van der Waals surface area contributed by atoms with Gasteiger partial charge in [-0.05, 0) is 76.9 Å². The van der Waals surface area contributed by atoms with E-state index in [4.69, 9.17) is 4.74 Å². The zero-order valence-corrected chi connectivity index (χ0v) is 16.2. The number of hydrogen-bond acceptors (Lipinski definition) is 2. The Morgan fingerprint density at radius 3 is 2.48 bits per heavy atom. The van der Waals surface area contributed by atoms with Crippen molar-refractivity contribution < 1.29 is 4.74 Å². The second-order valence-electron chi connectivity index (χ2n) is 8.62. The summed E-state index contributed by atoms with van der Waals surface area (Å²) in [4.78, 5) is 2.60. The van der Waals surface area contributed by atoms with Crippen LogP contribution >= 0.6 is 0 Å². The molecule has 4 rings (SSSR count). The smallest absolute Gasteiger partial charge is 0.0671 e. The molecule has 3 heteroatoms. The highest BCUT2D eigenvalue weighted by atomic mass is 16.5. The third kappa shape index (κ3) is 2.92. The SMILES string of the molecule is Cc1cc2ccccc2n1C(C)C1CCC(N(C)C2(C)COC2)CC1. The summed E-state index contributed by atoms with van der Waals surface area (Å²) in [6.07, 6.45) is 5.30. The summed E-state index contributed by atoms with van der Waals surface area (Å²) in [5, 5.41) is 1.37. The highest BCUT2D eigenvalue weighted by molar-refractivity contribution is 5.81. The van der Waals surface area contributed by atoms with E-state index in [-0.39, 0.29) is 5.54 Å². The maximum atomic E-state index is 5.47. The van der Waals surface area contributed by atoms with E-state index in [1.54, 1.807) is 0 Å². The Labute approximate surface area is 152 Å². The number of fused-ring (bicyclic) bond motifs is 1. The van der Waals surface area contributed by atoms with Gasteiger partial charge in [0.25, 0.3) is 0 Å². The molecular formula is C22H32N2O. The van der Waals surface area contributed by atoms with Crippen LogP contribution in [0.15, 0.2) is 30.3 Å². The van der Waals surface area contributed by atoms with Gasteiger partial charge in [0.05, 0.1) is 18.8 Å². The summed E-state index contributed by atoms with van der Waals surface area (Å²) in [7, 11) is 2.31. The van der Waals surface area contributed by atoms with E-state index in [2.05, 4.69) is 67.6 Å². The first-order valence-corrected chi connectivity index (χ1v) is 9.87. The number of benzene rings is 1. The Hall–Kier alpha value is -1.32. The Morgan fingerprint density at radius 1 is 1.16 bits per heavy atom. The van der Waals surface area contributed by atoms with Crippen molar-refractivity contribution in [3.63, 3.8) is 0 Å². The Morgan fingerprint density at radius 2 is 1.84 bits per heavy atom. The van der Waals surface area contributed by atoms with E-state index in [9.17, 15) is 0 Å². The first-order chi connectivity index (χ1) is 12.0. The van der Waals surface area contributed by atoms with Crippen LogP contribution in [-0.2, 0) is 4.74 Å². The van der Waals surface area contributed by atoms with E-state index < -0.39 is 0 Å². The highest BCUT2D eigenvalue weighted by Crippen LogP contribution is 2.39. The minimum absolute atomic E-state index is 0.274. The van der Waals surface area contributed by atoms with Gasteiger partial charge in [0.1, 0.15) is 0 Å². The molecule has 3 nitrogen and oxygen atoms in total. The van der Waals surface area contributed by atoms with Gasteiger partial charge in [-0.1, -0.05) is 18.2 Å². The molecule has 1 aromatic heterocycles. The second kappa shape index (κ2) is 6.44. The van der Waals surface area contributed by atoms with Crippen molar-refractivity contribution in [2.45, 2.75) is 64.1 Å². The molecule has 1 aliphatic carbocycles. The molecule has 1 saturated carbocycles. The van der Waals surface area contributed by atoms with Gasteiger partial charge in [-0.3, -0.25) is 4.90 Å². The van der Waals surface area contributed by atoms with Crippen molar-refractivity contribution in [2.24, 2.45) is 5.92 Å². The highest BCUT2D eigenvalue weighted by Gasteiger charge is 2.41. The standard InChI is InChI=1S/C22H32N2O/c1-16-13-19-7-5-6-8-21(19)24(16)17(2)18-9-11-20(12-10-18)23(4)22(3)14-25-15-22/h5-8,13,17-18,20H,9-12,14-15H2,1-4H3. The summed E-state index contributed by atoms with van der Waals surface area (Å²) in [5.41, 5.74) is 3.06. The van der Waals surface area contributed by atoms with Crippen LogP contribution in [0.4, 0.5) is 0 Å². The number of hydrogen-bond donors (Lipinski definition) is 0. The molecule has 1 aromatic carbocycles. The van der Waals surface area contributed by atoms with Crippen LogP contribution in [0, 0.1) is 12.8 Å². The molecule has 2 aromatic rings. The number of rotatable bonds is 4. The zero-order chi connectivity index (χ0) is 17.6. The normalized spacial score (nSPS) is 27.4.